The average molecular weight is 246 g/mol. The molecule has 0 saturated heterocycles. The standard InChI is InChI=1S/C16H22O2/c1-11-8-13(3)16(18-10-14-4-5-14)15(9-11)12(2)6-7-17/h7-9,12,14H,4-6,10H2,1-3H3. The van der Waals surface area contributed by atoms with Crippen LogP contribution in [0.5, 0.6) is 5.75 Å². The Morgan fingerprint density at radius 3 is 2.72 bits per heavy atom. The lowest BCUT2D eigenvalue weighted by atomic mass is 9.93. The van der Waals surface area contributed by atoms with Crippen molar-refractivity contribution < 1.29 is 9.53 Å². The van der Waals surface area contributed by atoms with Gasteiger partial charge in [0.1, 0.15) is 12.0 Å². The highest BCUT2D eigenvalue weighted by molar-refractivity contribution is 5.54. The molecule has 2 rings (SSSR count). The number of carbonyl (C=O) groups excluding carboxylic acids is 1. The Hall–Kier alpha value is -1.31. The first-order valence-electron chi connectivity index (χ1n) is 6.79. The zero-order valence-electron chi connectivity index (χ0n) is 11.5. The van der Waals surface area contributed by atoms with Gasteiger partial charge in [-0.25, -0.2) is 0 Å². The molecule has 18 heavy (non-hydrogen) atoms. The average Bonchev–Trinajstić information content (AvgIpc) is 3.11. The Labute approximate surface area is 109 Å². The monoisotopic (exact) mass is 246 g/mol. The highest BCUT2D eigenvalue weighted by atomic mass is 16.5. The van der Waals surface area contributed by atoms with E-state index >= 15 is 0 Å². The first-order valence-corrected chi connectivity index (χ1v) is 6.79. The molecule has 0 aliphatic heterocycles. The summed E-state index contributed by atoms with van der Waals surface area (Å²) in [5, 5.41) is 0. The molecule has 1 aromatic carbocycles. The molecule has 1 atom stereocenters. The van der Waals surface area contributed by atoms with Crippen molar-refractivity contribution >= 4 is 6.29 Å². The quantitative estimate of drug-likeness (QED) is 0.714. The smallest absolute Gasteiger partial charge is 0.125 e. The Morgan fingerprint density at radius 1 is 1.39 bits per heavy atom. The zero-order chi connectivity index (χ0) is 13.1. The van der Waals surface area contributed by atoms with Gasteiger partial charge >= 0.3 is 0 Å². The number of carbonyl (C=O) groups is 1. The van der Waals surface area contributed by atoms with Gasteiger partial charge in [0, 0.05) is 6.42 Å². The SMILES string of the molecule is Cc1cc(C)c(OCC2CC2)c(C(C)CC=O)c1. The normalized spacial score (nSPS) is 16.4. The third kappa shape index (κ3) is 3.12. The van der Waals surface area contributed by atoms with Gasteiger partial charge in [0.2, 0.25) is 0 Å². The summed E-state index contributed by atoms with van der Waals surface area (Å²) in [6.07, 6.45) is 4.14. The van der Waals surface area contributed by atoms with Crippen LogP contribution in [-0.2, 0) is 4.79 Å². The van der Waals surface area contributed by atoms with E-state index in [1.807, 2.05) is 0 Å². The van der Waals surface area contributed by atoms with Gasteiger partial charge < -0.3 is 9.53 Å². The van der Waals surface area contributed by atoms with Crippen LogP contribution in [0.4, 0.5) is 0 Å². The molecule has 2 heteroatoms. The van der Waals surface area contributed by atoms with Crippen molar-refractivity contribution in [1.82, 2.24) is 0 Å². The lowest BCUT2D eigenvalue weighted by Crippen LogP contribution is -2.06. The fraction of sp³-hybridized carbons (Fsp3) is 0.562. The second-order valence-electron chi connectivity index (χ2n) is 5.56. The van der Waals surface area contributed by atoms with Crippen LogP contribution in [-0.4, -0.2) is 12.9 Å². The minimum Gasteiger partial charge on any atom is -0.493 e. The molecule has 1 aliphatic rings. The minimum atomic E-state index is 0.232. The van der Waals surface area contributed by atoms with Gasteiger partial charge in [0.25, 0.3) is 0 Å². The van der Waals surface area contributed by atoms with E-state index < -0.39 is 0 Å². The zero-order valence-corrected chi connectivity index (χ0v) is 11.5. The van der Waals surface area contributed by atoms with Crippen molar-refractivity contribution in [3.05, 3.63) is 28.8 Å². The van der Waals surface area contributed by atoms with Gasteiger partial charge in [-0.1, -0.05) is 24.6 Å². The molecule has 98 valence electrons. The number of ether oxygens (including phenoxy) is 1. The number of aryl methyl sites for hydroxylation is 2. The van der Waals surface area contributed by atoms with Crippen LogP contribution in [0.15, 0.2) is 12.1 Å². The minimum absolute atomic E-state index is 0.232. The maximum atomic E-state index is 10.7. The van der Waals surface area contributed by atoms with Crippen LogP contribution in [0.2, 0.25) is 0 Å². The van der Waals surface area contributed by atoms with Gasteiger partial charge in [-0.15, -0.1) is 0 Å². The molecule has 1 unspecified atom stereocenters. The van der Waals surface area contributed by atoms with Crippen molar-refractivity contribution in [3.63, 3.8) is 0 Å². The fourth-order valence-electron chi connectivity index (χ4n) is 2.31. The molecule has 0 bridgehead atoms. The summed E-state index contributed by atoms with van der Waals surface area (Å²) in [5.41, 5.74) is 3.60. The Bertz CT molecular complexity index is 433. The Morgan fingerprint density at radius 2 is 2.11 bits per heavy atom. The molecule has 0 amide bonds. The second-order valence-corrected chi connectivity index (χ2v) is 5.56. The van der Waals surface area contributed by atoms with Crippen LogP contribution < -0.4 is 4.74 Å². The van der Waals surface area contributed by atoms with Gasteiger partial charge in [-0.3, -0.25) is 0 Å². The summed E-state index contributed by atoms with van der Waals surface area (Å²) in [4.78, 5) is 10.7. The third-order valence-corrected chi connectivity index (χ3v) is 3.59. The highest BCUT2D eigenvalue weighted by Crippen LogP contribution is 2.35. The fourth-order valence-corrected chi connectivity index (χ4v) is 2.31. The molecule has 0 radical (unpaired) electrons. The van der Waals surface area contributed by atoms with Crippen LogP contribution in [0.3, 0.4) is 0 Å². The van der Waals surface area contributed by atoms with E-state index in [2.05, 4.69) is 32.9 Å². The maximum Gasteiger partial charge on any atom is 0.125 e. The van der Waals surface area contributed by atoms with Gasteiger partial charge in [0.15, 0.2) is 0 Å². The van der Waals surface area contributed by atoms with Crippen molar-refractivity contribution in [3.8, 4) is 5.75 Å². The summed E-state index contributed by atoms with van der Waals surface area (Å²) in [6, 6.07) is 4.31. The molecular formula is C16H22O2. The lowest BCUT2D eigenvalue weighted by Gasteiger charge is -2.18. The van der Waals surface area contributed by atoms with E-state index in [1.54, 1.807) is 0 Å². The highest BCUT2D eigenvalue weighted by Gasteiger charge is 2.23. The van der Waals surface area contributed by atoms with E-state index in [9.17, 15) is 4.79 Å². The summed E-state index contributed by atoms with van der Waals surface area (Å²) < 4.78 is 6.00. The number of rotatable bonds is 6. The van der Waals surface area contributed by atoms with Gasteiger partial charge in [-0.05, 0) is 49.7 Å². The molecule has 0 aromatic heterocycles. The molecule has 1 saturated carbocycles. The van der Waals surface area contributed by atoms with E-state index in [4.69, 9.17) is 4.74 Å². The maximum absolute atomic E-state index is 10.7. The van der Waals surface area contributed by atoms with Crippen molar-refractivity contribution in [2.45, 2.75) is 46.0 Å². The number of hydrogen-bond donors (Lipinski definition) is 0. The molecule has 0 spiro atoms. The second kappa shape index (κ2) is 5.55. The van der Waals surface area contributed by atoms with E-state index in [1.165, 1.54) is 29.5 Å². The van der Waals surface area contributed by atoms with E-state index in [0.29, 0.717) is 6.42 Å². The first kappa shape index (κ1) is 13.1. The van der Waals surface area contributed by atoms with Crippen molar-refractivity contribution in [2.24, 2.45) is 5.92 Å². The summed E-state index contributed by atoms with van der Waals surface area (Å²) in [5.74, 6) is 1.98. The summed E-state index contributed by atoms with van der Waals surface area (Å²) >= 11 is 0. The topological polar surface area (TPSA) is 26.3 Å². The number of benzene rings is 1. The Kier molecular flexibility index (Phi) is 4.05. The largest absolute Gasteiger partial charge is 0.493 e. The van der Waals surface area contributed by atoms with Crippen molar-refractivity contribution in [1.29, 1.82) is 0 Å². The molecule has 1 aliphatic carbocycles. The van der Waals surface area contributed by atoms with Gasteiger partial charge in [-0.2, -0.15) is 0 Å². The third-order valence-electron chi connectivity index (χ3n) is 3.59. The first-order chi connectivity index (χ1) is 8.61. The summed E-state index contributed by atoms with van der Waals surface area (Å²) in [6.45, 7) is 7.10. The number of aldehydes is 1. The van der Waals surface area contributed by atoms with Crippen LogP contribution >= 0.6 is 0 Å². The molecule has 1 aromatic rings. The summed E-state index contributed by atoms with van der Waals surface area (Å²) in [7, 11) is 0. The molecule has 0 N–H and O–H groups in total. The van der Waals surface area contributed by atoms with Crippen LogP contribution in [0.1, 0.15) is 48.8 Å². The van der Waals surface area contributed by atoms with Crippen LogP contribution in [0, 0.1) is 19.8 Å². The number of hydrogen-bond acceptors (Lipinski definition) is 2. The lowest BCUT2D eigenvalue weighted by molar-refractivity contribution is -0.108. The predicted octanol–water partition coefficient (Wildman–Crippen LogP) is 3.78. The molecule has 0 heterocycles. The molecule has 2 nitrogen and oxygen atoms in total. The Balaban J connectivity index is 2.24. The molecular weight excluding hydrogens is 224 g/mol. The molecule has 1 fully saturated rings. The van der Waals surface area contributed by atoms with Gasteiger partial charge in [0.05, 0.1) is 6.61 Å². The predicted molar refractivity (Wildman–Crippen MR) is 73.2 cm³/mol. The van der Waals surface area contributed by atoms with Crippen molar-refractivity contribution in [2.75, 3.05) is 6.61 Å². The van der Waals surface area contributed by atoms with E-state index in [-0.39, 0.29) is 5.92 Å². The van der Waals surface area contributed by atoms with E-state index in [0.717, 1.165) is 24.6 Å². The van der Waals surface area contributed by atoms with Crippen LogP contribution in [0.25, 0.3) is 0 Å².